The fourth-order valence-corrected chi connectivity index (χ4v) is 1.38. The molecule has 0 fully saturated rings. The molecule has 17 heavy (non-hydrogen) atoms. The van der Waals surface area contributed by atoms with E-state index >= 15 is 0 Å². The Hall–Kier alpha value is -2.15. The maximum absolute atomic E-state index is 11.5. The lowest BCUT2D eigenvalue weighted by Gasteiger charge is -2.07. The van der Waals surface area contributed by atoms with Crippen molar-refractivity contribution in [2.45, 2.75) is 0 Å². The number of hydrogen-bond acceptors (Lipinski definition) is 4. The number of carbonyl (C=O) groups excluding carboxylic acids is 1. The molecule has 7 nitrogen and oxygen atoms in total. The van der Waals surface area contributed by atoms with Crippen LogP contribution in [0.1, 0.15) is 0 Å². The quantitative estimate of drug-likeness (QED) is 0.756. The normalized spacial score (nSPS) is 10.4. The first-order valence-electron chi connectivity index (χ1n) is 5.13. The predicted molar refractivity (Wildman–Crippen MR) is 61.9 cm³/mol. The molecule has 7 heteroatoms. The Balaban J connectivity index is 2.03. The molecule has 90 valence electrons. The van der Waals surface area contributed by atoms with Crippen molar-refractivity contribution in [2.24, 2.45) is 0 Å². The summed E-state index contributed by atoms with van der Waals surface area (Å²) in [6, 6.07) is 3.28. The molecule has 2 aromatic heterocycles. The maximum atomic E-state index is 11.5. The molecule has 0 atom stereocenters. The average molecular weight is 235 g/mol. The molecule has 0 aliphatic carbocycles. The Morgan fingerprint density at radius 2 is 2.47 bits per heavy atom. The van der Waals surface area contributed by atoms with Crippen molar-refractivity contribution >= 4 is 17.4 Å². The van der Waals surface area contributed by atoms with Crippen molar-refractivity contribution in [3.63, 3.8) is 0 Å². The van der Waals surface area contributed by atoms with Crippen LogP contribution in [0.5, 0.6) is 0 Å². The van der Waals surface area contributed by atoms with E-state index in [4.69, 9.17) is 4.74 Å². The lowest BCUT2D eigenvalue weighted by molar-refractivity contribution is 0.198. The highest BCUT2D eigenvalue weighted by molar-refractivity contribution is 5.92. The van der Waals surface area contributed by atoms with Crippen molar-refractivity contribution in [3.8, 4) is 0 Å². The molecule has 0 unspecified atom stereocenters. The van der Waals surface area contributed by atoms with Gasteiger partial charge in [-0.3, -0.25) is 4.40 Å². The fourth-order valence-electron chi connectivity index (χ4n) is 1.38. The third-order valence-electron chi connectivity index (χ3n) is 2.16. The van der Waals surface area contributed by atoms with Gasteiger partial charge in [0.15, 0.2) is 5.65 Å². The van der Waals surface area contributed by atoms with Gasteiger partial charge >= 0.3 is 6.03 Å². The molecule has 0 aliphatic rings. The highest BCUT2D eigenvalue weighted by atomic mass is 16.5. The third kappa shape index (κ3) is 2.70. The van der Waals surface area contributed by atoms with Crippen molar-refractivity contribution < 1.29 is 9.53 Å². The molecule has 0 saturated carbocycles. The number of fused-ring (bicyclic) bond motifs is 1. The number of carbonyl (C=O) groups is 1. The first-order chi connectivity index (χ1) is 8.31. The minimum absolute atomic E-state index is 0.293. The second-order valence-corrected chi connectivity index (χ2v) is 3.36. The molecule has 0 radical (unpaired) electrons. The van der Waals surface area contributed by atoms with Crippen LogP contribution in [0.2, 0.25) is 0 Å². The number of methoxy groups -OCH3 is 1. The standard InChI is InChI=1S/C10H13N5O2/c1-17-6-4-11-10(16)13-8-3-2-5-15-7-12-14-9(8)15/h2-3,5,7H,4,6H2,1H3,(H2,11,13,16). The van der Waals surface area contributed by atoms with Crippen LogP contribution in [0, 0.1) is 0 Å². The van der Waals surface area contributed by atoms with E-state index in [1.807, 2.05) is 6.20 Å². The molecule has 0 saturated heterocycles. The number of nitrogens with zero attached hydrogens (tertiary/aromatic N) is 3. The molecule has 0 spiro atoms. The van der Waals surface area contributed by atoms with Crippen LogP contribution >= 0.6 is 0 Å². The Morgan fingerprint density at radius 1 is 1.59 bits per heavy atom. The number of pyridine rings is 1. The zero-order valence-corrected chi connectivity index (χ0v) is 9.38. The van der Waals surface area contributed by atoms with Gasteiger partial charge in [-0.25, -0.2) is 4.79 Å². The topological polar surface area (TPSA) is 80.5 Å². The minimum Gasteiger partial charge on any atom is -0.383 e. The Labute approximate surface area is 97.8 Å². The van der Waals surface area contributed by atoms with Gasteiger partial charge in [-0.05, 0) is 12.1 Å². The number of ether oxygens (including phenoxy) is 1. The Bertz CT molecular complexity index is 510. The van der Waals surface area contributed by atoms with Gasteiger partial charge < -0.3 is 15.4 Å². The van der Waals surface area contributed by atoms with E-state index in [2.05, 4.69) is 20.8 Å². The summed E-state index contributed by atoms with van der Waals surface area (Å²) >= 11 is 0. The second-order valence-electron chi connectivity index (χ2n) is 3.36. The zero-order valence-electron chi connectivity index (χ0n) is 9.38. The van der Waals surface area contributed by atoms with Crippen LogP contribution in [0.25, 0.3) is 5.65 Å². The molecule has 2 heterocycles. The number of aromatic nitrogens is 3. The fraction of sp³-hybridized carbons (Fsp3) is 0.300. The van der Waals surface area contributed by atoms with Gasteiger partial charge in [0.2, 0.25) is 0 Å². The molecule has 0 aromatic carbocycles. The van der Waals surface area contributed by atoms with Crippen molar-refractivity contribution in [3.05, 3.63) is 24.7 Å². The van der Waals surface area contributed by atoms with Crippen LogP contribution in [0.4, 0.5) is 10.5 Å². The predicted octanol–water partition coefficient (Wildman–Crippen LogP) is 0.497. The number of anilines is 1. The lowest BCUT2D eigenvalue weighted by atomic mass is 10.4. The van der Waals surface area contributed by atoms with Gasteiger partial charge in [0.25, 0.3) is 0 Å². The number of urea groups is 1. The number of nitrogens with one attached hydrogen (secondary N) is 2. The Morgan fingerprint density at radius 3 is 3.29 bits per heavy atom. The third-order valence-corrected chi connectivity index (χ3v) is 2.16. The summed E-state index contributed by atoms with van der Waals surface area (Å²) in [4.78, 5) is 11.5. The molecule has 2 aromatic rings. The maximum Gasteiger partial charge on any atom is 0.319 e. The smallest absolute Gasteiger partial charge is 0.319 e. The molecular weight excluding hydrogens is 222 g/mol. The van der Waals surface area contributed by atoms with E-state index in [1.165, 1.54) is 0 Å². The van der Waals surface area contributed by atoms with Crippen LogP contribution in [-0.2, 0) is 4.74 Å². The lowest BCUT2D eigenvalue weighted by Crippen LogP contribution is -2.31. The van der Waals surface area contributed by atoms with E-state index in [1.54, 1.807) is 30.0 Å². The summed E-state index contributed by atoms with van der Waals surface area (Å²) in [5.41, 5.74) is 1.22. The first kappa shape index (κ1) is 11.3. The number of hydrogen-bond donors (Lipinski definition) is 2. The van der Waals surface area contributed by atoms with Crippen molar-refractivity contribution in [1.29, 1.82) is 0 Å². The number of rotatable bonds is 4. The minimum atomic E-state index is -0.293. The highest BCUT2D eigenvalue weighted by Crippen LogP contribution is 2.12. The van der Waals surface area contributed by atoms with E-state index in [-0.39, 0.29) is 6.03 Å². The summed E-state index contributed by atoms with van der Waals surface area (Å²) in [6.07, 6.45) is 3.38. The Kier molecular flexibility index (Phi) is 3.51. The first-order valence-corrected chi connectivity index (χ1v) is 5.13. The van der Waals surface area contributed by atoms with Crippen molar-refractivity contribution in [2.75, 3.05) is 25.6 Å². The molecule has 2 N–H and O–H groups in total. The monoisotopic (exact) mass is 235 g/mol. The summed E-state index contributed by atoms with van der Waals surface area (Å²) in [5, 5.41) is 13.0. The van der Waals surface area contributed by atoms with Crippen LogP contribution < -0.4 is 10.6 Å². The van der Waals surface area contributed by atoms with Gasteiger partial charge in [0, 0.05) is 19.9 Å². The van der Waals surface area contributed by atoms with Gasteiger partial charge in [-0.1, -0.05) is 0 Å². The second kappa shape index (κ2) is 5.26. The van der Waals surface area contributed by atoms with Crippen LogP contribution in [0.15, 0.2) is 24.7 Å². The van der Waals surface area contributed by atoms with E-state index in [9.17, 15) is 4.79 Å². The van der Waals surface area contributed by atoms with E-state index in [0.29, 0.717) is 24.5 Å². The van der Waals surface area contributed by atoms with Gasteiger partial charge in [-0.15, -0.1) is 10.2 Å². The van der Waals surface area contributed by atoms with Crippen molar-refractivity contribution in [1.82, 2.24) is 19.9 Å². The van der Waals surface area contributed by atoms with Gasteiger partial charge in [-0.2, -0.15) is 0 Å². The molecule has 2 rings (SSSR count). The molecule has 0 bridgehead atoms. The summed E-state index contributed by atoms with van der Waals surface area (Å²) in [6.45, 7) is 0.931. The molecule has 2 amide bonds. The van der Waals surface area contributed by atoms with Gasteiger partial charge in [0.1, 0.15) is 6.33 Å². The highest BCUT2D eigenvalue weighted by Gasteiger charge is 2.06. The summed E-state index contributed by atoms with van der Waals surface area (Å²) in [5.74, 6) is 0. The van der Waals surface area contributed by atoms with Crippen LogP contribution in [0.3, 0.4) is 0 Å². The SMILES string of the molecule is COCCNC(=O)Nc1cccn2cnnc12. The molecule has 0 aliphatic heterocycles. The number of amides is 2. The molecular formula is C10H13N5O2. The van der Waals surface area contributed by atoms with E-state index < -0.39 is 0 Å². The van der Waals surface area contributed by atoms with E-state index in [0.717, 1.165) is 0 Å². The zero-order chi connectivity index (χ0) is 12.1. The largest absolute Gasteiger partial charge is 0.383 e. The summed E-state index contributed by atoms with van der Waals surface area (Å²) in [7, 11) is 1.58. The average Bonchev–Trinajstić information content (AvgIpc) is 2.78. The summed E-state index contributed by atoms with van der Waals surface area (Å²) < 4.78 is 6.56. The van der Waals surface area contributed by atoms with Crippen LogP contribution in [-0.4, -0.2) is 40.9 Å². The van der Waals surface area contributed by atoms with Gasteiger partial charge in [0.05, 0.1) is 12.3 Å².